The Labute approximate surface area is 168 Å². The second kappa shape index (κ2) is 6.39. The Hall–Kier alpha value is -2.78. The molecule has 2 aliphatic rings. The Kier molecular flexibility index (Phi) is 3.95. The van der Waals surface area contributed by atoms with Gasteiger partial charge in [-0.1, -0.05) is 15.9 Å². The quantitative estimate of drug-likeness (QED) is 0.562. The molecule has 1 aromatic heterocycles. The van der Waals surface area contributed by atoms with E-state index in [1.165, 1.54) is 4.90 Å². The van der Waals surface area contributed by atoms with Gasteiger partial charge in [-0.25, -0.2) is 4.90 Å². The average Bonchev–Trinajstić information content (AvgIpc) is 3.17. The number of aromatic nitrogens is 3. The summed E-state index contributed by atoms with van der Waals surface area (Å²) in [4.78, 5) is 28.2. The summed E-state index contributed by atoms with van der Waals surface area (Å²) in [6.45, 7) is 1.32. The summed E-state index contributed by atoms with van der Waals surface area (Å²) >= 11 is 3.39. The molecule has 0 aliphatic carbocycles. The van der Waals surface area contributed by atoms with E-state index in [9.17, 15) is 9.59 Å². The van der Waals surface area contributed by atoms with Crippen molar-refractivity contribution in [2.45, 2.75) is 18.6 Å². The van der Waals surface area contributed by atoms with Gasteiger partial charge in [0, 0.05) is 36.0 Å². The maximum absolute atomic E-state index is 13.5. The van der Waals surface area contributed by atoms with Gasteiger partial charge in [0.1, 0.15) is 16.8 Å². The molecule has 28 heavy (non-hydrogen) atoms. The minimum Gasteiger partial charge on any atom is -0.466 e. The Balaban J connectivity index is 1.63. The van der Waals surface area contributed by atoms with E-state index in [1.807, 2.05) is 6.07 Å². The third-order valence-corrected chi connectivity index (χ3v) is 5.73. The van der Waals surface area contributed by atoms with Crippen LogP contribution in [0.1, 0.15) is 33.6 Å². The van der Waals surface area contributed by atoms with E-state index < -0.39 is 11.6 Å². The van der Waals surface area contributed by atoms with Gasteiger partial charge in [0.15, 0.2) is 5.72 Å². The van der Waals surface area contributed by atoms with E-state index in [0.717, 1.165) is 4.47 Å². The van der Waals surface area contributed by atoms with Crippen molar-refractivity contribution in [3.8, 4) is 5.75 Å². The van der Waals surface area contributed by atoms with Crippen LogP contribution in [0.4, 0.5) is 0 Å². The molecule has 5 rings (SSSR count). The van der Waals surface area contributed by atoms with Crippen LogP contribution >= 0.6 is 15.9 Å². The van der Waals surface area contributed by atoms with Gasteiger partial charge in [-0.2, -0.15) is 15.4 Å². The van der Waals surface area contributed by atoms with Crippen LogP contribution in [0.3, 0.4) is 0 Å². The first-order chi connectivity index (χ1) is 13.6. The molecule has 0 saturated carbocycles. The molecule has 0 bridgehead atoms. The molecule has 142 valence electrons. The third-order valence-electron chi connectivity index (χ3n) is 5.23. The Morgan fingerprint density at radius 3 is 2.71 bits per heavy atom. The predicted octanol–water partition coefficient (Wildman–Crippen LogP) is 2.48. The predicted molar refractivity (Wildman–Crippen MR) is 104 cm³/mol. The van der Waals surface area contributed by atoms with Crippen LogP contribution in [0.2, 0.25) is 0 Å². The molecule has 2 aliphatic heterocycles. The van der Waals surface area contributed by atoms with E-state index >= 15 is 0 Å². The van der Waals surface area contributed by atoms with E-state index in [2.05, 4.69) is 36.7 Å². The first-order valence-corrected chi connectivity index (χ1v) is 9.75. The lowest BCUT2D eigenvalue weighted by atomic mass is 9.94. The number of halogens is 1. The molecule has 9 heteroatoms. The largest absolute Gasteiger partial charge is 0.466 e. The third kappa shape index (κ3) is 2.61. The summed E-state index contributed by atoms with van der Waals surface area (Å²) in [5.41, 5.74) is 0.963. The number of fused-ring (bicyclic) bond motifs is 2. The molecular formula is C19H16BrN5O3. The number of rotatable bonds is 1. The summed E-state index contributed by atoms with van der Waals surface area (Å²) in [5.74, 6) is -0.247. The van der Waals surface area contributed by atoms with Crippen molar-refractivity contribution in [1.82, 2.24) is 25.6 Å². The molecule has 1 spiro atoms. The summed E-state index contributed by atoms with van der Waals surface area (Å²) in [6.07, 6.45) is 1.04. The number of benzene rings is 2. The molecule has 1 saturated heterocycles. The standard InChI is InChI=1S/C19H16BrN5O3/c20-12-2-4-16-13(10-12)18(27)25(19(28-16)5-7-21-8-6-19)17(26)11-1-3-14-15(9-11)23-24-22-14/h1-4,9-10,21H,5-8H2,(H,22,23,24). The second-order valence-corrected chi connectivity index (χ2v) is 7.83. The molecule has 1 fully saturated rings. The number of amides is 2. The zero-order valence-electron chi connectivity index (χ0n) is 14.7. The van der Waals surface area contributed by atoms with Gasteiger partial charge in [-0.05, 0) is 36.4 Å². The molecule has 0 radical (unpaired) electrons. The molecule has 2 N–H and O–H groups in total. The van der Waals surface area contributed by atoms with Crippen molar-refractivity contribution in [3.05, 3.63) is 52.0 Å². The number of piperidine rings is 1. The molecule has 0 unspecified atom stereocenters. The van der Waals surface area contributed by atoms with Gasteiger partial charge in [-0.3, -0.25) is 9.59 Å². The lowest BCUT2D eigenvalue weighted by molar-refractivity contribution is -0.0776. The van der Waals surface area contributed by atoms with E-state index in [1.54, 1.807) is 30.3 Å². The van der Waals surface area contributed by atoms with Crippen molar-refractivity contribution < 1.29 is 14.3 Å². The number of imide groups is 1. The lowest BCUT2D eigenvalue weighted by Crippen LogP contribution is -2.64. The number of hydrogen-bond donors (Lipinski definition) is 2. The van der Waals surface area contributed by atoms with Crippen LogP contribution in [-0.2, 0) is 0 Å². The highest BCUT2D eigenvalue weighted by Crippen LogP contribution is 2.40. The number of ether oxygens (including phenoxy) is 1. The number of hydrogen-bond acceptors (Lipinski definition) is 6. The molecule has 8 nitrogen and oxygen atoms in total. The Morgan fingerprint density at radius 1 is 1.11 bits per heavy atom. The first kappa shape index (κ1) is 17.3. The molecule has 3 aromatic rings. The topological polar surface area (TPSA) is 100 Å². The van der Waals surface area contributed by atoms with Crippen molar-refractivity contribution in [1.29, 1.82) is 0 Å². The minimum absolute atomic E-state index is 0.352. The molecule has 3 heterocycles. The van der Waals surface area contributed by atoms with Crippen molar-refractivity contribution in [2.75, 3.05) is 13.1 Å². The smallest absolute Gasteiger partial charge is 0.267 e. The molecule has 0 atom stereocenters. The van der Waals surface area contributed by atoms with Gasteiger partial charge in [0.25, 0.3) is 11.8 Å². The van der Waals surface area contributed by atoms with Gasteiger partial charge >= 0.3 is 0 Å². The SMILES string of the molecule is O=C(c1ccc2n[nH]nc2c1)N1C(=O)c2cc(Br)ccc2OC12CCNCC2. The number of nitrogens with one attached hydrogen (secondary N) is 2. The fraction of sp³-hybridized carbons (Fsp3) is 0.263. The number of nitrogens with zero attached hydrogens (tertiary/aromatic N) is 3. The maximum Gasteiger partial charge on any atom is 0.267 e. The number of carbonyl (C=O) groups excluding carboxylic acids is 2. The highest BCUT2D eigenvalue weighted by Gasteiger charge is 2.51. The van der Waals surface area contributed by atoms with Crippen LogP contribution in [-0.4, -0.2) is 50.9 Å². The fourth-order valence-electron chi connectivity index (χ4n) is 3.84. The van der Waals surface area contributed by atoms with Gasteiger partial charge in [-0.15, -0.1) is 0 Å². The summed E-state index contributed by atoms with van der Waals surface area (Å²) < 4.78 is 7.05. The Morgan fingerprint density at radius 2 is 1.89 bits per heavy atom. The number of H-pyrrole nitrogens is 1. The highest BCUT2D eigenvalue weighted by atomic mass is 79.9. The molecular weight excluding hydrogens is 426 g/mol. The average molecular weight is 442 g/mol. The minimum atomic E-state index is -1.00. The highest BCUT2D eigenvalue weighted by molar-refractivity contribution is 9.10. The molecule has 2 amide bonds. The van der Waals surface area contributed by atoms with Crippen LogP contribution < -0.4 is 10.1 Å². The maximum atomic E-state index is 13.5. The zero-order valence-corrected chi connectivity index (χ0v) is 16.3. The van der Waals surface area contributed by atoms with Crippen LogP contribution in [0.15, 0.2) is 40.9 Å². The van der Waals surface area contributed by atoms with Crippen molar-refractivity contribution in [3.63, 3.8) is 0 Å². The second-order valence-electron chi connectivity index (χ2n) is 6.91. The van der Waals surface area contributed by atoms with Crippen LogP contribution in [0.5, 0.6) is 5.75 Å². The van der Waals surface area contributed by atoms with Gasteiger partial charge < -0.3 is 10.1 Å². The zero-order chi connectivity index (χ0) is 19.3. The van der Waals surface area contributed by atoms with E-state index in [4.69, 9.17) is 4.74 Å². The summed E-state index contributed by atoms with van der Waals surface area (Å²) in [5, 5.41) is 13.8. The Bertz CT molecular complexity index is 1110. The first-order valence-electron chi connectivity index (χ1n) is 8.96. The van der Waals surface area contributed by atoms with Crippen LogP contribution in [0.25, 0.3) is 11.0 Å². The van der Waals surface area contributed by atoms with E-state index in [-0.39, 0.29) is 5.91 Å². The van der Waals surface area contributed by atoms with E-state index in [0.29, 0.717) is 53.8 Å². The number of carbonyl (C=O) groups is 2. The summed E-state index contributed by atoms with van der Waals surface area (Å²) in [7, 11) is 0. The van der Waals surface area contributed by atoms with Crippen molar-refractivity contribution >= 4 is 38.8 Å². The normalized spacial score (nSPS) is 18.2. The monoisotopic (exact) mass is 441 g/mol. The van der Waals surface area contributed by atoms with Crippen molar-refractivity contribution in [2.24, 2.45) is 0 Å². The molecule has 2 aromatic carbocycles. The van der Waals surface area contributed by atoms with Gasteiger partial charge in [0.05, 0.1) is 5.56 Å². The van der Waals surface area contributed by atoms with Crippen LogP contribution in [0, 0.1) is 0 Å². The number of aromatic amines is 1. The summed E-state index contributed by atoms with van der Waals surface area (Å²) in [6, 6.07) is 10.3. The lowest BCUT2D eigenvalue weighted by Gasteiger charge is -2.47. The fourth-order valence-corrected chi connectivity index (χ4v) is 4.20. The van der Waals surface area contributed by atoms with Gasteiger partial charge in [0.2, 0.25) is 0 Å².